The van der Waals surface area contributed by atoms with Crippen LogP contribution in [0.1, 0.15) is 57.1 Å². The van der Waals surface area contributed by atoms with Gasteiger partial charge in [0.15, 0.2) is 0 Å². The molecule has 6 nitrogen and oxygen atoms in total. The van der Waals surface area contributed by atoms with Gasteiger partial charge < -0.3 is 19.5 Å². The molecule has 1 saturated carbocycles. The molecule has 1 unspecified atom stereocenters. The number of fused-ring (bicyclic) bond motifs is 3. The van der Waals surface area contributed by atoms with E-state index in [1.165, 1.54) is 0 Å². The van der Waals surface area contributed by atoms with Crippen LogP contribution in [0.5, 0.6) is 5.75 Å². The molecule has 0 saturated heterocycles. The van der Waals surface area contributed by atoms with Crippen LogP contribution in [0, 0.1) is 5.92 Å². The molecule has 180 valence electrons. The van der Waals surface area contributed by atoms with Gasteiger partial charge in [-0.2, -0.15) is 0 Å². The standard InChI is InChI=1S/C28H33NO5/c1-5-15-32-26(30)22-11-8-12-25(22)29-27(31)33-17-24-20-10-7-6-9-19(20)21-14-13-18(16-23(21)24)34-28(2,3)4/h5-7,9-10,13-14,16,22,24-25H,1,8,11-12,15,17H2,2-4H3,(H,29,31)/t22-,24?,25-/m1/s1. The molecule has 1 N–H and O–H groups in total. The number of esters is 1. The number of ether oxygens (including phenoxy) is 3. The number of carbonyl (C=O) groups excluding carboxylic acids is 2. The van der Waals surface area contributed by atoms with Crippen LogP contribution in [0.4, 0.5) is 4.79 Å². The predicted molar refractivity (Wildman–Crippen MR) is 131 cm³/mol. The average molecular weight is 464 g/mol. The molecule has 0 aromatic heterocycles. The fourth-order valence-electron chi connectivity index (χ4n) is 4.90. The summed E-state index contributed by atoms with van der Waals surface area (Å²) in [7, 11) is 0. The summed E-state index contributed by atoms with van der Waals surface area (Å²) in [6, 6.07) is 14.0. The zero-order chi connectivity index (χ0) is 24.3. The van der Waals surface area contributed by atoms with Gasteiger partial charge >= 0.3 is 12.1 Å². The molecular weight excluding hydrogens is 430 g/mol. The topological polar surface area (TPSA) is 73.9 Å². The quantitative estimate of drug-likeness (QED) is 0.427. The fourth-order valence-corrected chi connectivity index (χ4v) is 4.90. The van der Waals surface area contributed by atoms with Gasteiger partial charge in [0.05, 0.1) is 5.92 Å². The Morgan fingerprint density at radius 2 is 1.82 bits per heavy atom. The van der Waals surface area contributed by atoms with Gasteiger partial charge in [0, 0.05) is 12.0 Å². The highest BCUT2D eigenvalue weighted by Crippen LogP contribution is 2.46. The summed E-state index contributed by atoms with van der Waals surface area (Å²) < 4.78 is 17.0. The summed E-state index contributed by atoms with van der Waals surface area (Å²) in [6.45, 7) is 10.00. The second-order valence-corrected chi connectivity index (χ2v) is 9.91. The summed E-state index contributed by atoms with van der Waals surface area (Å²) in [5.41, 5.74) is 4.18. The first-order chi connectivity index (χ1) is 16.3. The van der Waals surface area contributed by atoms with Crippen molar-refractivity contribution in [1.82, 2.24) is 5.32 Å². The molecular formula is C28H33NO5. The zero-order valence-corrected chi connectivity index (χ0v) is 20.1. The minimum Gasteiger partial charge on any atom is -0.488 e. The lowest BCUT2D eigenvalue weighted by atomic mass is 9.98. The zero-order valence-electron chi connectivity index (χ0n) is 20.1. The van der Waals surface area contributed by atoms with E-state index in [4.69, 9.17) is 14.2 Å². The lowest BCUT2D eigenvalue weighted by Gasteiger charge is -2.23. The molecule has 1 amide bonds. The van der Waals surface area contributed by atoms with Gasteiger partial charge in [-0.3, -0.25) is 4.79 Å². The van der Waals surface area contributed by atoms with Crippen molar-refractivity contribution in [2.24, 2.45) is 5.92 Å². The number of alkyl carbamates (subject to hydrolysis) is 1. The number of amides is 1. The van der Waals surface area contributed by atoms with E-state index in [2.05, 4.69) is 36.2 Å². The van der Waals surface area contributed by atoms with Crippen molar-refractivity contribution in [3.63, 3.8) is 0 Å². The number of carbonyl (C=O) groups is 2. The third-order valence-electron chi connectivity index (χ3n) is 6.30. The van der Waals surface area contributed by atoms with Crippen molar-refractivity contribution in [3.05, 3.63) is 66.2 Å². The number of hydrogen-bond acceptors (Lipinski definition) is 5. The molecule has 1 fully saturated rings. The Kier molecular flexibility index (Phi) is 6.96. The van der Waals surface area contributed by atoms with Crippen LogP contribution in [-0.2, 0) is 14.3 Å². The highest BCUT2D eigenvalue weighted by atomic mass is 16.6. The summed E-state index contributed by atoms with van der Waals surface area (Å²) in [5.74, 6) is 0.0583. The molecule has 0 heterocycles. The molecule has 2 aliphatic rings. The van der Waals surface area contributed by atoms with Crippen LogP contribution in [0.25, 0.3) is 11.1 Å². The Morgan fingerprint density at radius 3 is 2.59 bits per heavy atom. The highest BCUT2D eigenvalue weighted by molar-refractivity contribution is 5.80. The van der Waals surface area contributed by atoms with Crippen LogP contribution >= 0.6 is 0 Å². The monoisotopic (exact) mass is 463 g/mol. The average Bonchev–Trinajstić information content (AvgIpc) is 3.37. The largest absolute Gasteiger partial charge is 0.488 e. The maximum absolute atomic E-state index is 12.7. The maximum atomic E-state index is 12.7. The molecule has 2 aromatic carbocycles. The Bertz CT molecular complexity index is 1070. The van der Waals surface area contributed by atoms with E-state index in [1.807, 2.05) is 39.0 Å². The first-order valence-electron chi connectivity index (χ1n) is 11.9. The normalized spacial score (nSPS) is 20.7. The van der Waals surface area contributed by atoms with Gasteiger partial charge in [0.1, 0.15) is 24.6 Å². The Labute approximate surface area is 201 Å². The fraction of sp³-hybridized carbons (Fsp3) is 0.429. The number of benzene rings is 2. The molecule has 2 aliphatic carbocycles. The third kappa shape index (κ3) is 5.27. The minimum absolute atomic E-state index is 0.0857. The molecule has 0 bridgehead atoms. The van der Waals surface area contributed by atoms with E-state index in [0.29, 0.717) is 6.42 Å². The smallest absolute Gasteiger partial charge is 0.407 e. The molecule has 0 aliphatic heterocycles. The van der Waals surface area contributed by atoms with Crippen molar-refractivity contribution in [3.8, 4) is 16.9 Å². The van der Waals surface area contributed by atoms with Gasteiger partial charge in [0.2, 0.25) is 0 Å². The highest BCUT2D eigenvalue weighted by Gasteiger charge is 2.36. The summed E-state index contributed by atoms with van der Waals surface area (Å²) >= 11 is 0. The Hall–Kier alpha value is -3.28. The number of rotatable bonds is 7. The lowest BCUT2D eigenvalue weighted by molar-refractivity contribution is -0.147. The van der Waals surface area contributed by atoms with Crippen LogP contribution in [0.15, 0.2) is 55.1 Å². The molecule has 4 rings (SSSR count). The second-order valence-electron chi connectivity index (χ2n) is 9.91. The predicted octanol–water partition coefficient (Wildman–Crippen LogP) is 5.60. The minimum atomic E-state index is -0.513. The SMILES string of the molecule is C=CCOC(=O)[C@@H]1CCC[C@H]1NC(=O)OCC1c2ccccc2-c2ccc(OC(C)(C)C)cc21. The number of nitrogens with one attached hydrogen (secondary N) is 1. The molecule has 0 spiro atoms. The third-order valence-corrected chi connectivity index (χ3v) is 6.30. The van der Waals surface area contributed by atoms with Crippen molar-refractivity contribution < 1.29 is 23.8 Å². The second kappa shape index (κ2) is 9.92. The lowest BCUT2D eigenvalue weighted by Crippen LogP contribution is -2.41. The van der Waals surface area contributed by atoms with E-state index in [-0.39, 0.29) is 42.7 Å². The molecule has 2 aromatic rings. The van der Waals surface area contributed by atoms with Crippen molar-refractivity contribution in [1.29, 1.82) is 0 Å². The van der Waals surface area contributed by atoms with E-state index in [9.17, 15) is 9.59 Å². The number of hydrogen-bond donors (Lipinski definition) is 1. The van der Waals surface area contributed by atoms with Crippen molar-refractivity contribution >= 4 is 12.1 Å². The molecule has 6 heteroatoms. The first-order valence-corrected chi connectivity index (χ1v) is 11.9. The van der Waals surface area contributed by atoms with E-state index in [0.717, 1.165) is 40.8 Å². The van der Waals surface area contributed by atoms with Gasteiger partial charge in [-0.25, -0.2) is 4.79 Å². The van der Waals surface area contributed by atoms with Crippen LogP contribution in [0.2, 0.25) is 0 Å². The van der Waals surface area contributed by atoms with Crippen LogP contribution < -0.4 is 10.1 Å². The van der Waals surface area contributed by atoms with E-state index in [1.54, 1.807) is 6.08 Å². The summed E-state index contributed by atoms with van der Waals surface area (Å²) in [5, 5.41) is 2.89. The molecule has 3 atom stereocenters. The molecule has 0 radical (unpaired) electrons. The summed E-state index contributed by atoms with van der Waals surface area (Å²) in [4.78, 5) is 25.0. The first kappa shape index (κ1) is 23.9. The van der Waals surface area contributed by atoms with Crippen LogP contribution in [-0.4, -0.2) is 36.9 Å². The van der Waals surface area contributed by atoms with Gasteiger partial charge in [-0.15, -0.1) is 0 Å². The Morgan fingerprint density at radius 1 is 1.06 bits per heavy atom. The molecule has 34 heavy (non-hydrogen) atoms. The van der Waals surface area contributed by atoms with Crippen molar-refractivity contribution in [2.75, 3.05) is 13.2 Å². The van der Waals surface area contributed by atoms with Crippen LogP contribution in [0.3, 0.4) is 0 Å². The van der Waals surface area contributed by atoms with E-state index >= 15 is 0 Å². The van der Waals surface area contributed by atoms with Gasteiger partial charge in [-0.1, -0.05) is 49.4 Å². The summed E-state index contributed by atoms with van der Waals surface area (Å²) in [6.07, 6.45) is 3.31. The van der Waals surface area contributed by atoms with E-state index < -0.39 is 6.09 Å². The maximum Gasteiger partial charge on any atom is 0.407 e. The van der Waals surface area contributed by atoms with Crippen molar-refractivity contribution in [2.45, 2.75) is 57.6 Å². The van der Waals surface area contributed by atoms with Gasteiger partial charge in [-0.05, 0) is 68.0 Å². The Balaban J connectivity index is 1.45. The van der Waals surface area contributed by atoms with Gasteiger partial charge in [0.25, 0.3) is 0 Å².